The summed E-state index contributed by atoms with van der Waals surface area (Å²) < 4.78 is 11.9. The van der Waals surface area contributed by atoms with Gasteiger partial charge in [0.15, 0.2) is 0 Å². The van der Waals surface area contributed by atoms with E-state index in [0.717, 1.165) is 17.7 Å². The Hall–Kier alpha value is -2.71. The van der Waals surface area contributed by atoms with Crippen LogP contribution in [0.4, 0.5) is 0 Å². The standard InChI is InChI=1S/C30H38N2O4S/c1-22(2)31(17-25(33)20-35-19-24-7-5-4-6-8-24)18-30(34)32-15-13-29-27(14-16-37-29)28(32)21-36-26-11-9-23(3)10-12-26/h4-12,14,16,22,25,28,33H,13,15,17-21H2,1-3H3. The van der Waals surface area contributed by atoms with E-state index in [1.165, 1.54) is 16.0 Å². The lowest BCUT2D eigenvalue weighted by Crippen LogP contribution is -2.49. The molecule has 2 aromatic carbocycles. The number of aliphatic hydroxyl groups is 1. The lowest BCUT2D eigenvalue weighted by atomic mass is 10.00. The molecule has 0 spiro atoms. The van der Waals surface area contributed by atoms with E-state index in [1.54, 1.807) is 11.3 Å². The maximum Gasteiger partial charge on any atom is 0.237 e. The number of rotatable bonds is 12. The van der Waals surface area contributed by atoms with Gasteiger partial charge in [-0.1, -0.05) is 48.0 Å². The van der Waals surface area contributed by atoms with Crippen LogP contribution in [0.25, 0.3) is 0 Å². The van der Waals surface area contributed by atoms with Crippen LogP contribution in [0.15, 0.2) is 66.0 Å². The van der Waals surface area contributed by atoms with E-state index in [1.807, 2.05) is 64.4 Å². The molecule has 7 heteroatoms. The maximum atomic E-state index is 13.6. The maximum absolute atomic E-state index is 13.6. The fourth-order valence-corrected chi connectivity index (χ4v) is 5.55. The van der Waals surface area contributed by atoms with Crippen molar-refractivity contribution in [2.45, 2.75) is 52.0 Å². The summed E-state index contributed by atoms with van der Waals surface area (Å²) in [5.41, 5.74) is 3.44. The van der Waals surface area contributed by atoms with E-state index in [4.69, 9.17) is 9.47 Å². The number of carbonyl (C=O) groups excluding carboxylic acids is 1. The van der Waals surface area contributed by atoms with Crippen molar-refractivity contribution in [2.24, 2.45) is 0 Å². The molecule has 4 rings (SSSR count). The van der Waals surface area contributed by atoms with E-state index >= 15 is 0 Å². The van der Waals surface area contributed by atoms with Gasteiger partial charge in [-0.2, -0.15) is 0 Å². The van der Waals surface area contributed by atoms with Crippen LogP contribution in [-0.4, -0.2) is 65.8 Å². The number of nitrogens with zero attached hydrogens (tertiary/aromatic N) is 2. The van der Waals surface area contributed by atoms with Crippen molar-refractivity contribution < 1.29 is 19.4 Å². The van der Waals surface area contributed by atoms with Gasteiger partial charge in [0, 0.05) is 24.0 Å². The van der Waals surface area contributed by atoms with Crippen LogP contribution in [0.3, 0.4) is 0 Å². The zero-order chi connectivity index (χ0) is 26.2. The van der Waals surface area contributed by atoms with Gasteiger partial charge in [-0.05, 0) is 61.9 Å². The van der Waals surface area contributed by atoms with Gasteiger partial charge in [0.2, 0.25) is 5.91 Å². The Labute approximate surface area is 224 Å². The summed E-state index contributed by atoms with van der Waals surface area (Å²) in [5.74, 6) is 0.864. The van der Waals surface area contributed by atoms with Crippen LogP contribution in [0.5, 0.6) is 5.75 Å². The van der Waals surface area contributed by atoms with Crippen LogP contribution >= 0.6 is 11.3 Å². The minimum Gasteiger partial charge on any atom is -0.491 e. The second kappa shape index (κ2) is 13.2. The van der Waals surface area contributed by atoms with Gasteiger partial charge >= 0.3 is 0 Å². The first-order valence-electron chi connectivity index (χ1n) is 13.0. The molecule has 1 aliphatic heterocycles. The van der Waals surface area contributed by atoms with Crippen molar-refractivity contribution in [3.05, 3.63) is 87.6 Å². The average Bonchev–Trinajstić information content (AvgIpc) is 3.37. The van der Waals surface area contributed by atoms with Gasteiger partial charge in [0.25, 0.3) is 0 Å². The summed E-state index contributed by atoms with van der Waals surface area (Å²) in [7, 11) is 0. The van der Waals surface area contributed by atoms with Gasteiger partial charge in [0.05, 0.1) is 31.9 Å². The smallest absolute Gasteiger partial charge is 0.237 e. The number of carbonyl (C=O) groups is 1. The Morgan fingerprint density at radius 2 is 1.89 bits per heavy atom. The SMILES string of the molecule is Cc1ccc(OCC2c3ccsc3CCN2C(=O)CN(CC(O)COCc2ccccc2)C(C)C)cc1. The van der Waals surface area contributed by atoms with Crippen molar-refractivity contribution in [2.75, 3.05) is 32.8 Å². The molecule has 1 aromatic heterocycles. The Balaban J connectivity index is 1.36. The highest BCUT2D eigenvalue weighted by atomic mass is 32.1. The van der Waals surface area contributed by atoms with Crippen molar-refractivity contribution in [3.63, 3.8) is 0 Å². The summed E-state index contributed by atoms with van der Waals surface area (Å²) in [6, 6.07) is 20.0. The van der Waals surface area contributed by atoms with Gasteiger partial charge in [0.1, 0.15) is 12.4 Å². The quantitative estimate of drug-likeness (QED) is 0.369. The van der Waals surface area contributed by atoms with Crippen molar-refractivity contribution in [1.82, 2.24) is 9.80 Å². The molecule has 3 aromatic rings. The third-order valence-electron chi connectivity index (χ3n) is 6.78. The zero-order valence-corrected chi connectivity index (χ0v) is 22.8. The second-order valence-corrected chi connectivity index (χ2v) is 11.0. The predicted octanol–water partition coefficient (Wildman–Crippen LogP) is 4.85. The van der Waals surface area contributed by atoms with Crippen LogP contribution < -0.4 is 4.74 Å². The number of thiophene rings is 1. The summed E-state index contributed by atoms with van der Waals surface area (Å²) >= 11 is 1.75. The van der Waals surface area contributed by atoms with Crippen molar-refractivity contribution >= 4 is 17.2 Å². The first-order chi connectivity index (χ1) is 17.9. The number of fused-ring (bicyclic) bond motifs is 1. The van der Waals surface area contributed by atoms with E-state index < -0.39 is 6.10 Å². The van der Waals surface area contributed by atoms with Crippen LogP contribution in [0.2, 0.25) is 0 Å². The number of aliphatic hydroxyl groups excluding tert-OH is 1. The summed E-state index contributed by atoms with van der Waals surface area (Å²) in [6.07, 6.45) is 0.182. The fraction of sp³-hybridized carbons (Fsp3) is 0.433. The topological polar surface area (TPSA) is 62.2 Å². The Kier molecular flexibility index (Phi) is 9.75. The Bertz CT molecular complexity index is 1120. The molecule has 6 nitrogen and oxygen atoms in total. The fourth-order valence-electron chi connectivity index (χ4n) is 4.62. The number of amides is 1. The molecular weight excluding hydrogens is 484 g/mol. The minimum absolute atomic E-state index is 0.0560. The van der Waals surface area contributed by atoms with E-state index in [9.17, 15) is 9.90 Å². The number of hydrogen-bond acceptors (Lipinski definition) is 6. The molecule has 2 unspecified atom stereocenters. The minimum atomic E-state index is -0.676. The number of benzene rings is 2. The molecule has 2 heterocycles. The van der Waals surface area contributed by atoms with Gasteiger partial charge < -0.3 is 19.5 Å². The molecule has 37 heavy (non-hydrogen) atoms. The number of aryl methyl sites for hydroxylation is 1. The molecule has 0 radical (unpaired) electrons. The summed E-state index contributed by atoms with van der Waals surface area (Å²) in [6.45, 7) is 8.54. The highest BCUT2D eigenvalue weighted by Crippen LogP contribution is 2.34. The predicted molar refractivity (Wildman–Crippen MR) is 148 cm³/mol. The molecule has 1 N–H and O–H groups in total. The third kappa shape index (κ3) is 7.65. The monoisotopic (exact) mass is 522 g/mol. The highest BCUT2D eigenvalue weighted by molar-refractivity contribution is 7.10. The zero-order valence-electron chi connectivity index (χ0n) is 22.0. The molecule has 0 saturated carbocycles. The first-order valence-corrected chi connectivity index (χ1v) is 13.9. The molecule has 0 bridgehead atoms. The van der Waals surface area contributed by atoms with E-state index in [2.05, 4.69) is 32.2 Å². The lowest BCUT2D eigenvalue weighted by Gasteiger charge is -2.38. The molecule has 0 fully saturated rings. The van der Waals surface area contributed by atoms with Crippen LogP contribution in [0, 0.1) is 6.92 Å². The normalized spacial score (nSPS) is 16.2. The molecule has 0 aliphatic carbocycles. The third-order valence-corrected chi connectivity index (χ3v) is 7.78. The van der Waals surface area contributed by atoms with Crippen molar-refractivity contribution in [1.29, 1.82) is 0 Å². The van der Waals surface area contributed by atoms with Gasteiger partial charge in [-0.15, -0.1) is 11.3 Å². The average molecular weight is 523 g/mol. The van der Waals surface area contributed by atoms with E-state index in [-0.39, 0.29) is 31.1 Å². The molecule has 1 aliphatic rings. The van der Waals surface area contributed by atoms with Crippen LogP contribution in [0.1, 0.15) is 41.5 Å². The second-order valence-electron chi connectivity index (χ2n) is 9.95. The van der Waals surface area contributed by atoms with E-state index in [0.29, 0.717) is 26.3 Å². The summed E-state index contributed by atoms with van der Waals surface area (Å²) in [5, 5.41) is 12.7. The molecule has 0 saturated heterocycles. The molecule has 1 amide bonds. The first kappa shape index (κ1) is 27.3. The van der Waals surface area contributed by atoms with Gasteiger partial charge in [-0.3, -0.25) is 9.69 Å². The molecule has 198 valence electrons. The van der Waals surface area contributed by atoms with Gasteiger partial charge in [-0.25, -0.2) is 0 Å². The Morgan fingerprint density at radius 1 is 1.14 bits per heavy atom. The molecule has 2 atom stereocenters. The largest absolute Gasteiger partial charge is 0.491 e. The molecular formula is C30H38N2O4S. The number of hydrogen-bond donors (Lipinski definition) is 1. The van der Waals surface area contributed by atoms with Crippen molar-refractivity contribution in [3.8, 4) is 5.75 Å². The van der Waals surface area contributed by atoms with Crippen LogP contribution in [-0.2, 0) is 22.6 Å². The highest BCUT2D eigenvalue weighted by Gasteiger charge is 2.33. The number of ether oxygens (including phenoxy) is 2. The Morgan fingerprint density at radius 3 is 2.62 bits per heavy atom. The lowest BCUT2D eigenvalue weighted by molar-refractivity contribution is -0.137. The summed E-state index contributed by atoms with van der Waals surface area (Å²) in [4.78, 5) is 18.9.